The maximum atomic E-state index is 11.3. The number of ether oxygens (including phenoxy) is 2. The Bertz CT molecular complexity index is 236. The molecular formula is C12H24N2O3. The fraction of sp³-hybridized carbons (Fsp3) is 0.917. The molecule has 0 aromatic heterocycles. The minimum Gasteiger partial charge on any atom is -0.465 e. The maximum Gasteiger partial charge on any atom is 0.320 e. The van der Waals surface area contributed by atoms with Gasteiger partial charge in [-0.2, -0.15) is 0 Å². The van der Waals surface area contributed by atoms with Gasteiger partial charge in [-0.05, 0) is 20.5 Å². The molecule has 0 radical (unpaired) electrons. The average Bonchev–Trinajstić information content (AvgIpc) is 2.29. The second-order valence-electron chi connectivity index (χ2n) is 4.39. The van der Waals surface area contributed by atoms with Crippen molar-refractivity contribution in [2.75, 3.05) is 53.0 Å². The van der Waals surface area contributed by atoms with Crippen molar-refractivity contribution in [1.29, 1.82) is 0 Å². The zero-order chi connectivity index (χ0) is 12.7. The third-order valence-electron chi connectivity index (χ3n) is 2.89. The summed E-state index contributed by atoms with van der Waals surface area (Å²) in [6.07, 6.45) is 0.197. The summed E-state index contributed by atoms with van der Waals surface area (Å²) in [5, 5.41) is 0. The van der Waals surface area contributed by atoms with E-state index in [1.165, 1.54) is 0 Å². The van der Waals surface area contributed by atoms with Crippen molar-refractivity contribution < 1.29 is 14.3 Å². The molecule has 5 nitrogen and oxygen atoms in total. The van der Waals surface area contributed by atoms with Crippen LogP contribution in [0.15, 0.2) is 0 Å². The molecule has 0 aromatic rings. The van der Waals surface area contributed by atoms with E-state index in [4.69, 9.17) is 9.47 Å². The lowest BCUT2D eigenvalue weighted by atomic mass is 10.2. The first-order valence-electron chi connectivity index (χ1n) is 6.33. The SMILES string of the molecule is CCOC(=O)CN(C)CC1CN(CC)CCO1. The molecule has 0 spiro atoms. The number of hydrogen-bond acceptors (Lipinski definition) is 5. The number of nitrogens with zero attached hydrogens (tertiary/aromatic N) is 2. The van der Waals surface area contributed by atoms with Crippen molar-refractivity contribution in [1.82, 2.24) is 9.80 Å². The first kappa shape index (κ1) is 14.4. The van der Waals surface area contributed by atoms with Crippen LogP contribution >= 0.6 is 0 Å². The Hall–Kier alpha value is -0.650. The second kappa shape index (κ2) is 7.63. The largest absolute Gasteiger partial charge is 0.465 e. The van der Waals surface area contributed by atoms with Gasteiger partial charge >= 0.3 is 5.97 Å². The lowest BCUT2D eigenvalue weighted by molar-refractivity contribution is -0.144. The van der Waals surface area contributed by atoms with E-state index >= 15 is 0 Å². The van der Waals surface area contributed by atoms with Gasteiger partial charge in [0, 0.05) is 19.6 Å². The van der Waals surface area contributed by atoms with Gasteiger partial charge in [0.1, 0.15) is 0 Å². The highest BCUT2D eigenvalue weighted by atomic mass is 16.5. The van der Waals surface area contributed by atoms with E-state index in [-0.39, 0.29) is 12.1 Å². The zero-order valence-electron chi connectivity index (χ0n) is 11.1. The summed E-state index contributed by atoms with van der Waals surface area (Å²) in [7, 11) is 1.92. The fourth-order valence-corrected chi connectivity index (χ4v) is 2.02. The third-order valence-corrected chi connectivity index (χ3v) is 2.89. The molecule has 0 bridgehead atoms. The molecular weight excluding hydrogens is 220 g/mol. The quantitative estimate of drug-likeness (QED) is 0.625. The van der Waals surface area contributed by atoms with Crippen molar-refractivity contribution in [3.63, 3.8) is 0 Å². The molecule has 0 amide bonds. The summed E-state index contributed by atoms with van der Waals surface area (Å²) < 4.78 is 10.6. The Morgan fingerprint density at radius 1 is 1.53 bits per heavy atom. The molecule has 0 aromatic carbocycles. The molecule has 1 atom stereocenters. The Balaban J connectivity index is 2.25. The van der Waals surface area contributed by atoms with Crippen LogP contribution in [0, 0.1) is 0 Å². The van der Waals surface area contributed by atoms with Crippen LogP contribution in [0.5, 0.6) is 0 Å². The molecule has 0 aliphatic carbocycles. The van der Waals surface area contributed by atoms with E-state index < -0.39 is 0 Å². The number of esters is 1. The Morgan fingerprint density at radius 2 is 2.29 bits per heavy atom. The normalized spacial score (nSPS) is 21.8. The van der Waals surface area contributed by atoms with Crippen LogP contribution in [-0.2, 0) is 14.3 Å². The molecule has 0 saturated carbocycles. The van der Waals surface area contributed by atoms with Gasteiger partial charge in [-0.15, -0.1) is 0 Å². The topological polar surface area (TPSA) is 42.0 Å². The Morgan fingerprint density at radius 3 is 2.94 bits per heavy atom. The van der Waals surface area contributed by atoms with Crippen LogP contribution in [0.4, 0.5) is 0 Å². The highest BCUT2D eigenvalue weighted by Gasteiger charge is 2.21. The highest BCUT2D eigenvalue weighted by Crippen LogP contribution is 2.06. The number of carbonyl (C=O) groups excluding carboxylic acids is 1. The van der Waals surface area contributed by atoms with Crippen LogP contribution in [-0.4, -0.2) is 74.9 Å². The molecule has 1 saturated heterocycles. The summed E-state index contributed by atoms with van der Waals surface area (Å²) in [5.41, 5.74) is 0. The van der Waals surface area contributed by atoms with Gasteiger partial charge in [-0.25, -0.2) is 0 Å². The van der Waals surface area contributed by atoms with Crippen molar-refractivity contribution in [3.8, 4) is 0 Å². The average molecular weight is 244 g/mol. The molecule has 17 heavy (non-hydrogen) atoms. The highest BCUT2D eigenvalue weighted by molar-refractivity contribution is 5.71. The van der Waals surface area contributed by atoms with Crippen molar-refractivity contribution in [2.45, 2.75) is 20.0 Å². The Labute approximate surface area is 104 Å². The number of morpholine rings is 1. The molecule has 5 heteroatoms. The maximum absolute atomic E-state index is 11.3. The lowest BCUT2D eigenvalue weighted by Crippen LogP contribution is -2.47. The van der Waals surface area contributed by atoms with Gasteiger partial charge in [-0.3, -0.25) is 14.6 Å². The molecule has 0 N–H and O–H groups in total. The van der Waals surface area contributed by atoms with E-state index in [9.17, 15) is 4.79 Å². The van der Waals surface area contributed by atoms with Crippen molar-refractivity contribution in [2.24, 2.45) is 0 Å². The first-order valence-corrected chi connectivity index (χ1v) is 6.33. The summed E-state index contributed by atoms with van der Waals surface area (Å²) >= 11 is 0. The molecule has 100 valence electrons. The molecule has 1 heterocycles. The van der Waals surface area contributed by atoms with Crippen LogP contribution < -0.4 is 0 Å². The van der Waals surface area contributed by atoms with Crippen LogP contribution in [0.25, 0.3) is 0 Å². The Kier molecular flexibility index (Phi) is 6.47. The lowest BCUT2D eigenvalue weighted by Gasteiger charge is -2.33. The van der Waals surface area contributed by atoms with E-state index in [1.807, 2.05) is 18.9 Å². The predicted octanol–water partition coefficient (Wildman–Crippen LogP) is 0.202. The third kappa shape index (κ3) is 5.48. The van der Waals surface area contributed by atoms with Crippen molar-refractivity contribution in [3.05, 3.63) is 0 Å². The van der Waals surface area contributed by atoms with E-state index in [0.717, 1.165) is 32.8 Å². The van der Waals surface area contributed by atoms with Gasteiger partial charge in [0.05, 0.1) is 25.9 Å². The predicted molar refractivity (Wildman–Crippen MR) is 66.0 cm³/mol. The number of hydrogen-bond donors (Lipinski definition) is 0. The van der Waals surface area contributed by atoms with Gasteiger partial charge in [-0.1, -0.05) is 6.92 Å². The second-order valence-corrected chi connectivity index (χ2v) is 4.39. The molecule has 1 unspecified atom stereocenters. The molecule has 1 rings (SSSR count). The summed E-state index contributed by atoms with van der Waals surface area (Å²) in [5.74, 6) is -0.168. The van der Waals surface area contributed by atoms with E-state index in [2.05, 4.69) is 11.8 Å². The number of carbonyl (C=O) groups is 1. The molecule has 1 fully saturated rings. The number of likely N-dealkylation sites (N-methyl/N-ethyl adjacent to an activating group) is 2. The summed E-state index contributed by atoms with van der Waals surface area (Å²) in [4.78, 5) is 15.6. The van der Waals surface area contributed by atoms with Crippen LogP contribution in [0.2, 0.25) is 0 Å². The first-order chi connectivity index (χ1) is 8.15. The van der Waals surface area contributed by atoms with E-state index in [0.29, 0.717) is 13.2 Å². The zero-order valence-corrected chi connectivity index (χ0v) is 11.1. The van der Waals surface area contributed by atoms with Crippen LogP contribution in [0.1, 0.15) is 13.8 Å². The van der Waals surface area contributed by atoms with Gasteiger partial charge < -0.3 is 9.47 Å². The minimum atomic E-state index is -0.168. The fourth-order valence-electron chi connectivity index (χ4n) is 2.02. The standard InChI is InChI=1S/C12H24N2O3/c1-4-14-6-7-17-11(9-14)8-13(3)10-12(15)16-5-2/h11H,4-10H2,1-3H3. The molecule has 1 aliphatic rings. The van der Waals surface area contributed by atoms with E-state index in [1.54, 1.807) is 0 Å². The van der Waals surface area contributed by atoms with Crippen LogP contribution in [0.3, 0.4) is 0 Å². The van der Waals surface area contributed by atoms with Gasteiger partial charge in [0.2, 0.25) is 0 Å². The van der Waals surface area contributed by atoms with Gasteiger partial charge in [0.15, 0.2) is 0 Å². The monoisotopic (exact) mass is 244 g/mol. The smallest absolute Gasteiger partial charge is 0.320 e. The van der Waals surface area contributed by atoms with Crippen molar-refractivity contribution >= 4 is 5.97 Å². The van der Waals surface area contributed by atoms with Gasteiger partial charge in [0.25, 0.3) is 0 Å². The minimum absolute atomic E-state index is 0.168. The summed E-state index contributed by atoms with van der Waals surface area (Å²) in [6.45, 7) is 9.32. The number of rotatable bonds is 6. The summed E-state index contributed by atoms with van der Waals surface area (Å²) in [6, 6.07) is 0. The molecule has 1 aliphatic heterocycles.